The van der Waals surface area contributed by atoms with Crippen LogP contribution in [0.25, 0.3) is 0 Å². The van der Waals surface area contributed by atoms with Crippen LogP contribution in [0.15, 0.2) is 16.6 Å². The number of nitro benzene ring substituents is 1. The van der Waals surface area contributed by atoms with E-state index in [1.54, 1.807) is 0 Å². The average molecular weight is 256 g/mol. The van der Waals surface area contributed by atoms with Gasteiger partial charge in [-0.1, -0.05) is 0 Å². The minimum absolute atomic E-state index is 0.0701. The summed E-state index contributed by atoms with van der Waals surface area (Å²) in [4.78, 5) is 10.0. The lowest BCUT2D eigenvalue weighted by Gasteiger charge is -2.01. The molecule has 0 aliphatic heterocycles. The largest absolute Gasteiger partial charge is 0.326 e. The minimum Gasteiger partial charge on any atom is -0.326 e. The summed E-state index contributed by atoms with van der Waals surface area (Å²) in [7, 11) is 0. The molecule has 14 heavy (non-hydrogen) atoms. The zero-order valence-electron chi connectivity index (χ0n) is 7.03. The fourth-order valence-electron chi connectivity index (χ4n) is 1.02. The Hall–Kier alpha value is -1.45. The standard InChI is InChI=1S/C8H6BrN3O2/c9-7-1-6(4-11)8(12(13)14)2-5(7)3-10/h1-2H,4,11H2. The Labute approximate surface area is 88.4 Å². The monoisotopic (exact) mass is 255 g/mol. The number of nitrogens with two attached hydrogens (primary N) is 1. The Morgan fingerprint density at radius 1 is 1.64 bits per heavy atom. The van der Waals surface area contributed by atoms with Crippen molar-refractivity contribution in [2.75, 3.05) is 0 Å². The van der Waals surface area contributed by atoms with Gasteiger partial charge in [-0.05, 0) is 22.0 Å². The molecule has 0 saturated heterocycles. The molecule has 5 nitrogen and oxygen atoms in total. The normalized spacial score (nSPS) is 9.50. The van der Waals surface area contributed by atoms with Crippen LogP contribution in [0.3, 0.4) is 0 Å². The van der Waals surface area contributed by atoms with Crippen molar-refractivity contribution in [2.45, 2.75) is 6.54 Å². The lowest BCUT2D eigenvalue weighted by atomic mass is 10.1. The van der Waals surface area contributed by atoms with Crippen molar-refractivity contribution in [2.24, 2.45) is 5.73 Å². The van der Waals surface area contributed by atoms with Crippen LogP contribution in [0, 0.1) is 21.4 Å². The number of benzene rings is 1. The Bertz CT molecular complexity index is 425. The van der Waals surface area contributed by atoms with Gasteiger partial charge in [-0.15, -0.1) is 0 Å². The highest BCUT2D eigenvalue weighted by atomic mass is 79.9. The number of halogens is 1. The zero-order valence-corrected chi connectivity index (χ0v) is 8.61. The fourth-order valence-corrected chi connectivity index (χ4v) is 1.50. The molecule has 0 fully saturated rings. The number of nitro groups is 1. The SMILES string of the molecule is N#Cc1cc([N+](=O)[O-])c(CN)cc1Br. The van der Waals surface area contributed by atoms with Crippen molar-refractivity contribution in [3.8, 4) is 6.07 Å². The highest BCUT2D eigenvalue weighted by Crippen LogP contribution is 2.26. The van der Waals surface area contributed by atoms with Crippen molar-refractivity contribution in [3.63, 3.8) is 0 Å². The first-order valence-electron chi connectivity index (χ1n) is 3.67. The van der Waals surface area contributed by atoms with E-state index >= 15 is 0 Å². The van der Waals surface area contributed by atoms with Crippen LogP contribution in [0.1, 0.15) is 11.1 Å². The van der Waals surface area contributed by atoms with Crippen LogP contribution in [0.5, 0.6) is 0 Å². The van der Waals surface area contributed by atoms with Gasteiger partial charge >= 0.3 is 0 Å². The van der Waals surface area contributed by atoms with Gasteiger partial charge in [0.25, 0.3) is 5.69 Å². The van der Waals surface area contributed by atoms with Crippen molar-refractivity contribution in [1.82, 2.24) is 0 Å². The van der Waals surface area contributed by atoms with Gasteiger partial charge in [0, 0.05) is 22.6 Å². The first-order chi connectivity index (χ1) is 6.60. The molecule has 0 saturated carbocycles. The molecule has 0 heterocycles. The highest BCUT2D eigenvalue weighted by Gasteiger charge is 2.15. The van der Waals surface area contributed by atoms with Gasteiger partial charge in [-0.3, -0.25) is 10.1 Å². The second kappa shape index (κ2) is 4.17. The first kappa shape index (κ1) is 10.6. The van der Waals surface area contributed by atoms with Crippen LogP contribution < -0.4 is 5.73 Å². The molecular weight excluding hydrogens is 250 g/mol. The summed E-state index contributed by atoms with van der Waals surface area (Å²) < 4.78 is 0.519. The van der Waals surface area contributed by atoms with E-state index in [0.29, 0.717) is 10.0 Å². The van der Waals surface area contributed by atoms with Crippen LogP contribution >= 0.6 is 15.9 Å². The first-order valence-corrected chi connectivity index (χ1v) is 4.46. The molecule has 6 heteroatoms. The van der Waals surface area contributed by atoms with E-state index in [-0.39, 0.29) is 17.8 Å². The van der Waals surface area contributed by atoms with Crippen LogP contribution in [-0.2, 0) is 6.54 Å². The van der Waals surface area contributed by atoms with Gasteiger partial charge in [0.05, 0.1) is 10.5 Å². The predicted octanol–water partition coefficient (Wildman–Crippen LogP) is 1.69. The predicted molar refractivity (Wildman–Crippen MR) is 53.4 cm³/mol. The van der Waals surface area contributed by atoms with Crippen LogP contribution in [-0.4, -0.2) is 4.92 Å². The zero-order chi connectivity index (χ0) is 10.7. The van der Waals surface area contributed by atoms with Crippen LogP contribution in [0.2, 0.25) is 0 Å². The molecule has 1 aromatic carbocycles. The third kappa shape index (κ3) is 1.89. The van der Waals surface area contributed by atoms with E-state index < -0.39 is 4.92 Å². The molecule has 0 bridgehead atoms. The maximum Gasteiger partial charge on any atom is 0.275 e. The second-order valence-electron chi connectivity index (χ2n) is 2.53. The summed E-state index contributed by atoms with van der Waals surface area (Å²) in [6.07, 6.45) is 0. The molecule has 0 aliphatic rings. The summed E-state index contributed by atoms with van der Waals surface area (Å²) in [6.45, 7) is 0.0701. The summed E-state index contributed by atoms with van der Waals surface area (Å²) >= 11 is 3.13. The lowest BCUT2D eigenvalue weighted by molar-refractivity contribution is -0.385. The van der Waals surface area contributed by atoms with Crippen molar-refractivity contribution in [1.29, 1.82) is 5.26 Å². The third-order valence-corrected chi connectivity index (χ3v) is 2.36. The Morgan fingerprint density at radius 3 is 2.71 bits per heavy atom. The summed E-state index contributed by atoms with van der Waals surface area (Å²) in [5, 5.41) is 19.2. The summed E-state index contributed by atoms with van der Waals surface area (Å²) in [6, 6.07) is 4.56. The van der Waals surface area contributed by atoms with Gasteiger partial charge in [-0.25, -0.2) is 0 Å². The van der Waals surface area contributed by atoms with E-state index in [1.807, 2.05) is 6.07 Å². The van der Waals surface area contributed by atoms with Gasteiger partial charge in [0.2, 0.25) is 0 Å². The Balaban J connectivity index is 3.42. The smallest absolute Gasteiger partial charge is 0.275 e. The summed E-state index contributed by atoms with van der Waals surface area (Å²) in [5.74, 6) is 0. The summed E-state index contributed by atoms with van der Waals surface area (Å²) in [5.41, 5.74) is 5.86. The molecule has 1 rings (SSSR count). The average Bonchev–Trinajstić information content (AvgIpc) is 2.16. The lowest BCUT2D eigenvalue weighted by Crippen LogP contribution is -2.02. The number of nitriles is 1. The quantitative estimate of drug-likeness (QED) is 0.643. The number of hydrogen-bond donors (Lipinski definition) is 1. The number of nitrogens with zero attached hydrogens (tertiary/aromatic N) is 2. The van der Waals surface area contributed by atoms with E-state index in [4.69, 9.17) is 11.0 Å². The third-order valence-electron chi connectivity index (χ3n) is 1.71. The molecular formula is C8H6BrN3O2. The maximum atomic E-state index is 10.6. The molecule has 0 aromatic heterocycles. The minimum atomic E-state index is -0.546. The highest BCUT2D eigenvalue weighted by molar-refractivity contribution is 9.10. The van der Waals surface area contributed by atoms with Crippen molar-refractivity contribution >= 4 is 21.6 Å². The molecule has 2 N–H and O–H groups in total. The molecule has 0 unspecified atom stereocenters. The number of rotatable bonds is 2. The van der Waals surface area contributed by atoms with Crippen LogP contribution in [0.4, 0.5) is 5.69 Å². The molecule has 72 valence electrons. The fraction of sp³-hybridized carbons (Fsp3) is 0.125. The molecule has 0 radical (unpaired) electrons. The van der Waals surface area contributed by atoms with Crippen molar-refractivity contribution in [3.05, 3.63) is 37.8 Å². The molecule has 0 spiro atoms. The van der Waals surface area contributed by atoms with E-state index in [2.05, 4.69) is 15.9 Å². The van der Waals surface area contributed by atoms with E-state index in [1.165, 1.54) is 12.1 Å². The molecule has 0 atom stereocenters. The second-order valence-corrected chi connectivity index (χ2v) is 3.39. The Morgan fingerprint density at radius 2 is 2.29 bits per heavy atom. The molecule has 0 amide bonds. The van der Waals surface area contributed by atoms with Gasteiger partial charge in [0.1, 0.15) is 6.07 Å². The topological polar surface area (TPSA) is 92.9 Å². The Kier molecular flexibility index (Phi) is 3.17. The van der Waals surface area contributed by atoms with Crippen molar-refractivity contribution < 1.29 is 4.92 Å². The maximum absolute atomic E-state index is 10.6. The van der Waals surface area contributed by atoms with E-state index in [0.717, 1.165) is 0 Å². The molecule has 0 aliphatic carbocycles. The number of hydrogen-bond acceptors (Lipinski definition) is 4. The van der Waals surface area contributed by atoms with Gasteiger partial charge in [-0.2, -0.15) is 5.26 Å². The molecule has 1 aromatic rings. The van der Waals surface area contributed by atoms with E-state index in [9.17, 15) is 10.1 Å². The van der Waals surface area contributed by atoms with Gasteiger partial charge < -0.3 is 5.73 Å². The van der Waals surface area contributed by atoms with Gasteiger partial charge in [0.15, 0.2) is 0 Å².